The number of fused-ring (bicyclic) bond motifs is 3. The average Bonchev–Trinajstić information content (AvgIpc) is 3.56. The Balaban J connectivity index is 1.24. The highest BCUT2D eigenvalue weighted by molar-refractivity contribution is 5.98. The van der Waals surface area contributed by atoms with E-state index in [2.05, 4.69) is 25.3 Å². The third-order valence-corrected chi connectivity index (χ3v) is 6.39. The van der Waals surface area contributed by atoms with Crippen LogP contribution in [-0.4, -0.2) is 55.7 Å². The molecule has 160 valence electrons. The molecule has 2 saturated heterocycles. The summed E-state index contributed by atoms with van der Waals surface area (Å²) in [5.41, 5.74) is 4.01. The summed E-state index contributed by atoms with van der Waals surface area (Å²) < 4.78 is 1.75. The molecule has 4 aromatic heterocycles. The van der Waals surface area contributed by atoms with Crippen molar-refractivity contribution in [3.8, 4) is 11.3 Å². The monoisotopic (exact) mass is 425 g/mol. The molecule has 2 fully saturated rings. The molecule has 8 heteroatoms. The van der Waals surface area contributed by atoms with Gasteiger partial charge in [0.05, 0.1) is 29.5 Å². The maximum Gasteiger partial charge on any atom is 0.169 e. The fraction of sp³-hybridized carbons (Fsp3) is 0.292. The van der Waals surface area contributed by atoms with Gasteiger partial charge in [-0.3, -0.25) is 14.5 Å². The van der Waals surface area contributed by atoms with Crippen LogP contribution in [0, 0.1) is 0 Å². The predicted octanol–water partition coefficient (Wildman–Crippen LogP) is 2.40. The van der Waals surface area contributed by atoms with E-state index in [1.807, 2.05) is 37.5 Å². The molecule has 0 radical (unpaired) electrons. The zero-order chi connectivity index (χ0) is 21.7. The number of anilines is 1. The lowest BCUT2D eigenvalue weighted by Crippen LogP contribution is -2.44. The van der Waals surface area contributed by atoms with E-state index in [-0.39, 0.29) is 12.2 Å². The number of hydrogen-bond acceptors (Lipinski definition) is 7. The molecule has 0 aliphatic carbocycles. The number of ketones is 1. The second kappa shape index (κ2) is 7.49. The van der Waals surface area contributed by atoms with Crippen molar-refractivity contribution in [2.75, 3.05) is 18.0 Å². The highest BCUT2D eigenvalue weighted by atomic mass is 16.1. The van der Waals surface area contributed by atoms with Crippen molar-refractivity contribution in [1.82, 2.24) is 30.0 Å². The Hall–Kier alpha value is -3.65. The van der Waals surface area contributed by atoms with Gasteiger partial charge in [-0.25, -0.2) is 9.97 Å². The summed E-state index contributed by atoms with van der Waals surface area (Å²) in [5, 5.41) is 8.66. The molecule has 8 nitrogen and oxygen atoms in total. The number of rotatable bonds is 5. The number of Topliss-reactive ketones (excluding diaryl/α,β-unsaturated/α-hetero) is 1. The van der Waals surface area contributed by atoms with E-state index >= 15 is 0 Å². The summed E-state index contributed by atoms with van der Waals surface area (Å²) in [6.07, 6.45) is 8.62. The summed E-state index contributed by atoms with van der Waals surface area (Å²) in [4.78, 5) is 29.1. The van der Waals surface area contributed by atoms with E-state index in [0.29, 0.717) is 23.3 Å². The summed E-state index contributed by atoms with van der Waals surface area (Å²) in [6, 6.07) is 10.6. The van der Waals surface area contributed by atoms with E-state index in [0.717, 1.165) is 47.5 Å². The number of hydrogen-bond donors (Lipinski definition) is 1. The number of carbonyl (C=O) groups excluding carboxylic acids is 1. The van der Waals surface area contributed by atoms with Gasteiger partial charge in [0.1, 0.15) is 5.82 Å². The molecular formula is C24H23N7O. The van der Waals surface area contributed by atoms with Crippen LogP contribution >= 0.6 is 0 Å². The van der Waals surface area contributed by atoms with E-state index in [1.54, 1.807) is 29.3 Å². The fourth-order valence-corrected chi connectivity index (χ4v) is 4.73. The Labute approximate surface area is 185 Å². The van der Waals surface area contributed by atoms with Crippen LogP contribution in [0.2, 0.25) is 0 Å². The van der Waals surface area contributed by atoms with Gasteiger partial charge >= 0.3 is 0 Å². The topological polar surface area (TPSA) is 88.8 Å². The first-order valence-electron chi connectivity index (χ1n) is 10.9. The lowest BCUT2D eigenvalue weighted by atomic mass is 10.1. The molecule has 2 atom stereocenters. The molecule has 4 aromatic rings. The number of nitrogens with one attached hydrogen (secondary N) is 1. The van der Waals surface area contributed by atoms with Gasteiger partial charge in [-0.15, -0.1) is 0 Å². The van der Waals surface area contributed by atoms with Gasteiger partial charge in [-0.2, -0.15) is 5.10 Å². The van der Waals surface area contributed by atoms with Gasteiger partial charge in [0, 0.05) is 67.3 Å². The van der Waals surface area contributed by atoms with Gasteiger partial charge < -0.3 is 10.2 Å². The van der Waals surface area contributed by atoms with Crippen LogP contribution in [0.3, 0.4) is 0 Å². The van der Waals surface area contributed by atoms with E-state index in [1.165, 1.54) is 0 Å². The molecule has 2 aliphatic rings. The van der Waals surface area contributed by atoms with Gasteiger partial charge in [0.2, 0.25) is 0 Å². The molecule has 2 unspecified atom stereocenters. The minimum Gasteiger partial charge on any atom is -0.351 e. The minimum absolute atomic E-state index is 0.0337. The molecule has 0 aromatic carbocycles. The molecule has 2 bridgehead atoms. The second-order valence-corrected chi connectivity index (χ2v) is 8.62. The maximum absolute atomic E-state index is 13.0. The SMILES string of the molecule is Cn1cc(-c2ccc3cnc(CC(=O)c4ccnc(N5CC6CC5CN6)c4)cc3n2)cn1. The summed E-state index contributed by atoms with van der Waals surface area (Å²) in [5.74, 6) is 0.922. The molecule has 2 aliphatic heterocycles. The molecule has 6 heterocycles. The van der Waals surface area contributed by atoms with Gasteiger partial charge in [0.25, 0.3) is 0 Å². The molecule has 0 spiro atoms. The molecule has 1 N–H and O–H groups in total. The third kappa shape index (κ3) is 3.42. The quantitative estimate of drug-likeness (QED) is 0.491. The summed E-state index contributed by atoms with van der Waals surface area (Å²) in [6.45, 7) is 1.94. The zero-order valence-corrected chi connectivity index (χ0v) is 17.8. The third-order valence-electron chi connectivity index (χ3n) is 6.39. The van der Waals surface area contributed by atoms with Crippen LogP contribution in [0.4, 0.5) is 5.82 Å². The number of pyridine rings is 3. The fourth-order valence-electron chi connectivity index (χ4n) is 4.73. The Kier molecular flexibility index (Phi) is 4.46. The Bertz CT molecular complexity index is 1330. The number of aromatic nitrogens is 5. The Morgan fingerprint density at radius 2 is 2.12 bits per heavy atom. The van der Waals surface area contributed by atoms with Crippen LogP contribution in [0.25, 0.3) is 22.2 Å². The molecule has 0 saturated carbocycles. The van der Waals surface area contributed by atoms with Crippen molar-refractivity contribution in [2.45, 2.75) is 24.9 Å². The van der Waals surface area contributed by atoms with E-state index < -0.39 is 0 Å². The maximum atomic E-state index is 13.0. The molecular weight excluding hydrogens is 402 g/mol. The standard InChI is InChI=1S/C24H23N7O/c1-30-13-17(11-28-30)21-3-2-16-10-26-18(8-22(16)29-21)9-23(32)15-4-5-25-24(6-15)31-14-19-7-20(31)12-27-19/h2-6,8,10-11,13,19-20,27H,7,9,12,14H2,1H3. The van der Waals surface area contributed by atoms with Crippen molar-refractivity contribution < 1.29 is 4.79 Å². The lowest BCUT2D eigenvalue weighted by Gasteiger charge is -2.28. The number of piperazine rings is 1. The van der Waals surface area contributed by atoms with Crippen LogP contribution in [0.5, 0.6) is 0 Å². The van der Waals surface area contributed by atoms with E-state index in [4.69, 9.17) is 4.98 Å². The number of aryl methyl sites for hydroxylation is 1. The van der Waals surface area contributed by atoms with Gasteiger partial charge in [-0.1, -0.05) is 0 Å². The number of nitrogens with zero attached hydrogens (tertiary/aromatic N) is 6. The van der Waals surface area contributed by atoms with Crippen LogP contribution in [0.15, 0.2) is 55.1 Å². The lowest BCUT2D eigenvalue weighted by molar-refractivity contribution is 0.0992. The summed E-state index contributed by atoms with van der Waals surface area (Å²) in [7, 11) is 1.88. The first kappa shape index (κ1) is 19.1. The Morgan fingerprint density at radius 1 is 1.19 bits per heavy atom. The molecule has 6 rings (SSSR count). The zero-order valence-electron chi connectivity index (χ0n) is 17.8. The minimum atomic E-state index is 0.0337. The smallest absolute Gasteiger partial charge is 0.169 e. The number of carbonyl (C=O) groups is 1. The normalized spacial score (nSPS) is 19.7. The first-order valence-corrected chi connectivity index (χ1v) is 10.9. The van der Waals surface area contributed by atoms with Crippen molar-refractivity contribution in [2.24, 2.45) is 7.05 Å². The van der Waals surface area contributed by atoms with Crippen LogP contribution in [0.1, 0.15) is 22.5 Å². The van der Waals surface area contributed by atoms with Gasteiger partial charge in [-0.05, 0) is 36.8 Å². The first-order chi connectivity index (χ1) is 15.6. The van der Waals surface area contributed by atoms with Crippen LogP contribution < -0.4 is 10.2 Å². The average molecular weight is 425 g/mol. The molecule has 32 heavy (non-hydrogen) atoms. The van der Waals surface area contributed by atoms with E-state index in [9.17, 15) is 4.79 Å². The predicted molar refractivity (Wildman–Crippen MR) is 122 cm³/mol. The highest BCUT2D eigenvalue weighted by Gasteiger charge is 2.38. The molecule has 0 amide bonds. The van der Waals surface area contributed by atoms with Crippen LogP contribution in [-0.2, 0) is 13.5 Å². The van der Waals surface area contributed by atoms with Crippen molar-refractivity contribution in [1.29, 1.82) is 0 Å². The summed E-state index contributed by atoms with van der Waals surface area (Å²) >= 11 is 0. The largest absolute Gasteiger partial charge is 0.351 e. The Morgan fingerprint density at radius 3 is 2.91 bits per heavy atom. The van der Waals surface area contributed by atoms with Crippen molar-refractivity contribution in [3.63, 3.8) is 0 Å². The van der Waals surface area contributed by atoms with Crippen molar-refractivity contribution in [3.05, 3.63) is 66.4 Å². The second-order valence-electron chi connectivity index (χ2n) is 8.62. The highest BCUT2D eigenvalue weighted by Crippen LogP contribution is 2.28. The van der Waals surface area contributed by atoms with Crippen molar-refractivity contribution >= 4 is 22.5 Å². The van der Waals surface area contributed by atoms with Gasteiger partial charge in [0.15, 0.2) is 5.78 Å².